The van der Waals surface area contributed by atoms with Gasteiger partial charge < -0.3 is 24.7 Å². The third kappa shape index (κ3) is 6.06. The summed E-state index contributed by atoms with van der Waals surface area (Å²) in [5.74, 6) is 1.16. The van der Waals surface area contributed by atoms with E-state index >= 15 is 0 Å². The Kier molecular flexibility index (Phi) is 7.71. The number of rotatable bonds is 9. The van der Waals surface area contributed by atoms with Crippen LogP contribution in [0.15, 0.2) is 71.8 Å². The molecule has 3 atom stereocenters. The number of alkyl halides is 1. The van der Waals surface area contributed by atoms with E-state index in [0.717, 1.165) is 43.6 Å². The molecule has 204 valence electrons. The lowest BCUT2D eigenvalue weighted by Gasteiger charge is -2.40. The zero-order valence-electron chi connectivity index (χ0n) is 21.9. The van der Waals surface area contributed by atoms with Crippen LogP contribution in [0, 0.1) is 0 Å². The fourth-order valence-electron chi connectivity index (χ4n) is 5.72. The minimum atomic E-state index is -0.844. The van der Waals surface area contributed by atoms with Crippen LogP contribution in [0.5, 0.6) is 5.75 Å². The van der Waals surface area contributed by atoms with Crippen molar-refractivity contribution in [1.82, 2.24) is 25.1 Å². The number of oxazole rings is 1. The van der Waals surface area contributed by atoms with Gasteiger partial charge in [0.1, 0.15) is 18.4 Å². The Labute approximate surface area is 227 Å². The average molecular weight is 532 g/mol. The fourth-order valence-corrected chi connectivity index (χ4v) is 5.72. The highest BCUT2D eigenvalue weighted by Gasteiger charge is 2.30. The van der Waals surface area contributed by atoms with Crippen LogP contribution in [0.3, 0.4) is 0 Å². The number of nitrogens with one attached hydrogen (secondary N) is 2. The van der Waals surface area contributed by atoms with Crippen LogP contribution in [-0.2, 0) is 0 Å². The number of hydrogen-bond donors (Lipinski definition) is 2. The highest BCUT2D eigenvalue weighted by Crippen LogP contribution is 2.28. The molecular weight excluding hydrogens is 497 g/mol. The summed E-state index contributed by atoms with van der Waals surface area (Å²) < 4.78 is 25.1. The molecule has 2 aromatic carbocycles. The van der Waals surface area contributed by atoms with Crippen molar-refractivity contribution in [3.8, 4) is 22.8 Å². The SMILES string of the molecule is FCOc1ccc(-c2cnc(N[C@@H]3CCCC[C@H]3N[C@H]3CCCN(c4ccc(-n5cncn5)cc4)C3)o2)cc1. The predicted molar refractivity (Wildman–Crippen MR) is 148 cm³/mol. The molecule has 9 nitrogen and oxygen atoms in total. The van der Waals surface area contributed by atoms with Gasteiger partial charge in [-0.3, -0.25) is 0 Å². The lowest BCUT2D eigenvalue weighted by molar-refractivity contribution is 0.192. The number of nitrogens with zero attached hydrogens (tertiary/aromatic N) is 5. The Hall–Kier alpha value is -3.92. The summed E-state index contributed by atoms with van der Waals surface area (Å²) in [6.45, 7) is 1.20. The van der Waals surface area contributed by atoms with Gasteiger partial charge in [-0.2, -0.15) is 5.10 Å². The summed E-state index contributed by atoms with van der Waals surface area (Å²) in [5.41, 5.74) is 3.12. The first kappa shape index (κ1) is 25.4. The van der Waals surface area contributed by atoms with Crippen molar-refractivity contribution in [2.24, 2.45) is 0 Å². The van der Waals surface area contributed by atoms with Crippen molar-refractivity contribution in [3.05, 3.63) is 67.4 Å². The molecule has 1 saturated heterocycles. The Morgan fingerprint density at radius 2 is 1.74 bits per heavy atom. The monoisotopic (exact) mass is 531 g/mol. The van der Waals surface area contributed by atoms with E-state index in [9.17, 15) is 4.39 Å². The Morgan fingerprint density at radius 3 is 2.51 bits per heavy atom. The molecule has 2 fully saturated rings. The van der Waals surface area contributed by atoms with E-state index in [4.69, 9.17) is 9.15 Å². The molecule has 0 radical (unpaired) electrons. The molecule has 39 heavy (non-hydrogen) atoms. The second kappa shape index (κ2) is 11.9. The number of hydrogen-bond acceptors (Lipinski definition) is 8. The largest absolute Gasteiger partial charge is 0.463 e. The molecule has 6 rings (SSSR count). The molecule has 2 aromatic heterocycles. The van der Waals surface area contributed by atoms with Crippen LogP contribution >= 0.6 is 0 Å². The van der Waals surface area contributed by atoms with Gasteiger partial charge in [0.2, 0.25) is 6.86 Å². The summed E-state index contributed by atoms with van der Waals surface area (Å²) in [4.78, 5) is 11.0. The van der Waals surface area contributed by atoms with E-state index in [1.807, 2.05) is 12.1 Å². The van der Waals surface area contributed by atoms with Gasteiger partial charge in [0.15, 0.2) is 5.76 Å². The Balaban J connectivity index is 1.07. The van der Waals surface area contributed by atoms with Crippen LogP contribution in [0.2, 0.25) is 0 Å². The van der Waals surface area contributed by atoms with Crippen LogP contribution in [0.1, 0.15) is 38.5 Å². The van der Waals surface area contributed by atoms with E-state index in [1.165, 1.54) is 24.9 Å². The first-order valence-corrected chi connectivity index (χ1v) is 13.7. The molecule has 2 N–H and O–H groups in total. The Morgan fingerprint density at radius 1 is 0.949 bits per heavy atom. The number of piperidine rings is 1. The number of anilines is 2. The van der Waals surface area contributed by atoms with Crippen molar-refractivity contribution in [1.29, 1.82) is 0 Å². The van der Waals surface area contributed by atoms with E-state index in [2.05, 4.69) is 54.9 Å². The van der Waals surface area contributed by atoms with Crippen LogP contribution in [-0.4, -0.2) is 57.8 Å². The fraction of sp³-hybridized carbons (Fsp3) is 0.414. The van der Waals surface area contributed by atoms with Crippen molar-refractivity contribution in [3.63, 3.8) is 0 Å². The van der Waals surface area contributed by atoms with Crippen molar-refractivity contribution in [2.75, 3.05) is 30.2 Å². The molecule has 10 heteroatoms. The lowest BCUT2D eigenvalue weighted by atomic mass is 9.89. The molecule has 2 aliphatic rings. The maximum absolute atomic E-state index is 12.4. The minimum absolute atomic E-state index is 0.253. The predicted octanol–water partition coefficient (Wildman–Crippen LogP) is 5.21. The first-order chi connectivity index (χ1) is 19.2. The zero-order valence-corrected chi connectivity index (χ0v) is 21.9. The maximum atomic E-state index is 12.4. The summed E-state index contributed by atoms with van der Waals surface area (Å²) in [6.07, 6.45) is 11.9. The first-order valence-electron chi connectivity index (χ1n) is 13.7. The van der Waals surface area contributed by atoms with E-state index in [1.54, 1.807) is 35.7 Å². The van der Waals surface area contributed by atoms with Crippen LogP contribution in [0.4, 0.5) is 16.1 Å². The smallest absolute Gasteiger partial charge is 0.295 e. The second-order valence-electron chi connectivity index (χ2n) is 10.3. The van der Waals surface area contributed by atoms with Gasteiger partial charge in [-0.15, -0.1) is 0 Å². The summed E-state index contributed by atoms with van der Waals surface area (Å²) in [5, 5.41) is 11.8. The molecule has 4 aromatic rings. The second-order valence-corrected chi connectivity index (χ2v) is 10.3. The molecule has 1 aliphatic carbocycles. The minimum Gasteiger partial charge on any atom is -0.463 e. The number of halogens is 1. The van der Waals surface area contributed by atoms with Gasteiger partial charge in [-0.1, -0.05) is 12.8 Å². The molecule has 1 saturated carbocycles. The summed E-state index contributed by atoms with van der Waals surface area (Å²) in [6, 6.07) is 17.2. The molecule has 0 amide bonds. The van der Waals surface area contributed by atoms with Crippen molar-refractivity contribution in [2.45, 2.75) is 56.7 Å². The highest BCUT2D eigenvalue weighted by atomic mass is 19.1. The number of ether oxygens (including phenoxy) is 1. The Bertz CT molecular complexity index is 1310. The molecule has 0 spiro atoms. The summed E-state index contributed by atoms with van der Waals surface area (Å²) >= 11 is 0. The van der Waals surface area contributed by atoms with E-state index in [-0.39, 0.29) is 6.04 Å². The number of benzene rings is 2. The van der Waals surface area contributed by atoms with Crippen molar-refractivity contribution < 1.29 is 13.5 Å². The van der Waals surface area contributed by atoms with E-state index < -0.39 is 6.86 Å². The zero-order chi connectivity index (χ0) is 26.4. The van der Waals surface area contributed by atoms with Crippen LogP contribution in [0.25, 0.3) is 17.0 Å². The highest BCUT2D eigenvalue weighted by molar-refractivity contribution is 5.58. The van der Waals surface area contributed by atoms with Gasteiger partial charge in [0.05, 0.1) is 11.9 Å². The molecule has 0 bridgehead atoms. The van der Waals surface area contributed by atoms with Gasteiger partial charge in [-0.05, 0) is 74.2 Å². The third-order valence-electron chi connectivity index (χ3n) is 7.71. The van der Waals surface area contributed by atoms with E-state index in [0.29, 0.717) is 29.6 Å². The standard InChI is InChI=1S/C29H34FN7O2/c30-18-38-25-13-7-21(8-14-25)28-16-32-29(39-28)35-27-6-2-1-5-26(27)34-22-4-3-15-36(17-22)23-9-11-24(12-10-23)37-20-31-19-33-37/h7-14,16,19-20,22,26-27,34H,1-6,15,17-18H2,(H,32,35)/t22-,26+,27+/m0/s1. The molecular formula is C29H34FN7O2. The van der Waals surface area contributed by atoms with Gasteiger partial charge in [0, 0.05) is 42.5 Å². The van der Waals surface area contributed by atoms with Crippen molar-refractivity contribution >= 4 is 11.7 Å². The maximum Gasteiger partial charge on any atom is 0.295 e. The lowest BCUT2D eigenvalue weighted by Crippen LogP contribution is -2.54. The average Bonchev–Trinajstić information content (AvgIpc) is 3.68. The summed E-state index contributed by atoms with van der Waals surface area (Å²) in [7, 11) is 0. The molecule has 0 unspecified atom stereocenters. The third-order valence-corrected chi connectivity index (χ3v) is 7.71. The van der Waals surface area contributed by atoms with Gasteiger partial charge in [-0.25, -0.2) is 19.0 Å². The van der Waals surface area contributed by atoms with Gasteiger partial charge >= 0.3 is 0 Å². The molecule has 3 heterocycles. The quantitative estimate of drug-likeness (QED) is 0.304. The van der Waals surface area contributed by atoms with Crippen LogP contribution < -0.4 is 20.3 Å². The number of aromatic nitrogens is 4. The topological polar surface area (TPSA) is 93.3 Å². The molecule has 1 aliphatic heterocycles. The van der Waals surface area contributed by atoms with Gasteiger partial charge in [0.25, 0.3) is 6.01 Å². The normalized spacial score (nSPS) is 21.6.